The number of nitrogens with zero attached hydrogens (tertiary/aromatic N) is 3. The van der Waals surface area contributed by atoms with Crippen LogP contribution in [0.15, 0.2) is 46.2 Å². The first-order valence-electron chi connectivity index (χ1n) is 11.0. The van der Waals surface area contributed by atoms with Gasteiger partial charge >= 0.3 is 7.12 Å². The lowest BCUT2D eigenvalue weighted by atomic mass is 9.70. The van der Waals surface area contributed by atoms with Gasteiger partial charge in [-0.25, -0.2) is 9.02 Å². The first-order chi connectivity index (χ1) is 17.0. The topological polar surface area (TPSA) is 168 Å². The third-order valence-electron chi connectivity index (χ3n) is 5.71. The lowest BCUT2D eigenvalue weighted by molar-refractivity contribution is 0.0955. The van der Waals surface area contributed by atoms with E-state index in [1.54, 1.807) is 18.2 Å². The summed E-state index contributed by atoms with van der Waals surface area (Å²) in [6, 6.07) is 10.3. The average molecular weight is 482 g/mol. The van der Waals surface area contributed by atoms with Crippen molar-refractivity contribution < 1.29 is 28.7 Å². The molecule has 2 aromatic carbocycles. The van der Waals surface area contributed by atoms with Crippen LogP contribution in [0, 0.1) is 5.82 Å². The summed E-state index contributed by atoms with van der Waals surface area (Å²) in [4.78, 5) is 12.4. The van der Waals surface area contributed by atoms with Crippen LogP contribution in [0.5, 0.6) is 0 Å². The van der Waals surface area contributed by atoms with Gasteiger partial charge in [-0.15, -0.1) is 0 Å². The number of aryl methyl sites for hydroxylation is 2. The summed E-state index contributed by atoms with van der Waals surface area (Å²) in [5, 5.41) is 34.2. The number of nitrogens with two attached hydrogens (primary N) is 1. The van der Waals surface area contributed by atoms with Gasteiger partial charge in [0.2, 0.25) is 5.82 Å². The van der Waals surface area contributed by atoms with E-state index in [-0.39, 0.29) is 35.6 Å². The summed E-state index contributed by atoms with van der Waals surface area (Å²) in [6.07, 6.45) is 2.84. The fraction of sp³-hybridized carbons (Fsp3) is 0.273. The second-order valence-corrected chi connectivity index (χ2v) is 7.89. The zero-order valence-electron chi connectivity index (χ0n) is 18.7. The predicted octanol–water partition coefficient (Wildman–Crippen LogP) is 0.190. The summed E-state index contributed by atoms with van der Waals surface area (Å²) in [7, 11) is -1.11. The van der Waals surface area contributed by atoms with Gasteiger partial charge < -0.3 is 31.3 Å². The van der Waals surface area contributed by atoms with Crippen LogP contribution in [0.1, 0.15) is 32.7 Å². The molecule has 0 fully saturated rings. The second kappa shape index (κ2) is 11.0. The molecule has 182 valence electrons. The van der Waals surface area contributed by atoms with Crippen molar-refractivity contribution in [3.05, 3.63) is 70.2 Å². The Hall–Kier alpha value is -3.97. The number of fused-ring (bicyclic) bond motifs is 2. The van der Waals surface area contributed by atoms with Gasteiger partial charge in [0.05, 0.1) is 0 Å². The third-order valence-corrected chi connectivity index (χ3v) is 5.71. The Kier molecular flexibility index (Phi) is 7.58. The molecule has 5 rings (SSSR count). The highest BCUT2D eigenvalue weighted by atomic mass is 19.1. The predicted molar refractivity (Wildman–Crippen MR) is 125 cm³/mol. The molecule has 1 amide bonds. The van der Waals surface area contributed by atoms with E-state index >= 15 is 0 Å². The van der Waals surface area contributed by atoms with Crippen LogP contribution >= 0.6 is 0 Å². The van der Waals surface area contributed by atoms with Crippen LogP contribution in [0.4, 0.5) is 10.2 Å². The number of anilines is 1. The zero-order valence-corrected chi connectivity index (χ0v) is 18.7. The van der Waals surface area contributed by atoms with Crippen molar-refractivity contribution in [3.63, 3.8) is 0 Å². The Balaban J connectivity index is 0.000000266. The molecule has 0 saturated heterocycles. The summed E-state index contributed by atoms with van der Waals surface area (Å²) in [5.74, 6) is -0.491. The maximum atomic E-state index is 12.4. The fourth-order valence-electron chi connectivity index (χ4n) is 3.82. The van der Waals surface area contributed by atoms with Crippen molar-refractivity contribution in [2.75, 3.05) is 25.0 Å². The van der Waals surface area contributed by atoms with Gasteiger partial charge in [-0.2, -0.15) is 0 Å². The number of hydrogen-bond acceptors (Lipinski definition) is 9. The highest BCUT2D eigenvalue weighted by Crippen LogP contribution is 2.22. The van der Waals surface area contributed by atoms with Crippen molar-refractivity contribution in [1.29, 1.82) is 0 Å². The maximum absolute atomic E-state index is 12.4. The number of amides is 1. The molecule has 3 aromatic rings. The summed E-state index contributed by atoms with van der Waals surface area (Å²) in [6.45, 7) is 0.958. The molecule has 1 aliphatic carbocycles. The Morgan fingerprint density at radius 3 is 2.69 bits per heavy atom. The lowest BCUT2D eigenvalue weighted by Gasteiger charge is -2.21. The zero-order chi connectivity index (χ0) is 24.8. The Labute approximate surface area is 200 Å². The van der Waals surface area contributed by atoms with E-state index in [0.29, 0.717) is 30.6 Å². The number of nitrogens with one attached hydrogen (secondary N) is 2. The minimum atomic E-state index is -1.11. The standard InChI is InChI=1S/C14H17BN6O5.C8H7F/c16-12(19-24)11-13(21-26-20-11)17-5-6-18-14(22)9-3-1-2-8-4-7-25-15(23)10(8)9;9-8-4-3-6-1-2-7(6)5-8/h1-3,23-24H,4-7H2,(H2,16,19)(H,17,21)(H,18,22);3-5H,1-2H2. The number of rotatable bonds is 6. The Morgan fingerprint density at radius 2 is 1.97 bits per heavy atom. The van der Waals surface area contributed by atoms with E-state index < -0.39 is 7.12 Å². The van der Waals surface area contributed by atoms with Crippen molar-refractivity contribution in [3.8, 4) is 0 Å². The molecule has 6 N–H and O–H groups in total. The molecule has 0 spiro atoms. The largest absolute Gasteiger partial charge is 0.492 e. The molecule has 1 aromatic heterocycles. The molecule has 0 atom stereocenters. The van der Waals surface area contributed by atoms with Gasteiger partial charge in [0, 0.05) is 25.3 Å². The summed E-state index contributed by atoms with van der Waals surface area (Å²) < 4.78 is 22.1. The molecule has 2 heterocycles. The van der Waals surface area contributed by atoms with Gasteiger partial charge in [0.25, 0.3) is 5.91 Å². The van der Waals surface area contributed by atoms with Crippen LogP contribution < -0.4 is 21.8 Å². The summed E-state index contributed by atoms with van der Waals surface area (Å²) in [5.41, 5.74) is 9.77. The first-order valence-corrected chi connectivity index (χ1v) is 11.0. The lowest BCUT2D eigenvalue weighted by Crippen LogP contribution is -2.46. The van der Waals surface area contributed by atoms with E-state index in [2.05, 4.69) is 30.7 Å². The summed E-state index contributed by atoms with van der Waals surface area (Å²) >= 11 is 0. The van der Waals surface area contributed by atoms with E-state index in [9.17, 15) is 14.2 Å². The third kappa shape index (κ3) is 5.58. The Bertz CT molecular complexity index is 1240. The van der Waals surface area contributed by atoms with Crippen LogP contribution in [-0.2, 0) is 23.9 Å². The highest BCUT2D eigenvalue weighted by Gasteiger charge is 2.29. The number of carbonyl (C=O) groups is 1. The number of aromatic nitrogens is 2. The average Bonchev–Trinajstić information content (AvgIpc) is 3.32. The quantitative estimate of drug-likeness (QED) is 0.0823. The fourth-order valence-corrected chi connectivity index (χ4v) is 3.82. The van der Waals surface area contributed by atoms with Crippen molar-refractivity contribution in [1.82, 2.24) is 15.6 Å². The minimum Gasteiger partial charge on any atom is -0.423 e. The molecule has 35 heavy (non-hydrogen) atoms. The van der Waals surface area contributed by atoms with Gasteiger partial charge in [-0.05, 0) is 69.9 Å². The highest BCUT2D eigenvalue weighted by molar-refractivity contribution is 6.62. The molecule has 1 aliphatic heterocycles. The number of hydrogen-bond donors (Lipinski definition) is 5. The smallest absolute Gasteiger partial charge is 0.423 e. The minimum absolute atomic E-state index is 0.0660. The molecule has 0 radical (unpaired) electrons. The monoisotopic (exact) mass is 482 g/mol. The first kappa shape index (κ1) is 24.2. The Morgan fingerprint density at radius 1 is 1.14 bits per heavy atom. The van der Waals surface area contributed by atoms with Crippen LogP contribution in [0.2, 0.25) is 0 Å². The van der Waals surface area contributed by atoms with E-state index in [0.717, 1.165) is 18.4 Å². The second-order valence-electron chi connectivity index (χ2n) is 7.89. The number of benzene rings is 2. The molecule has 2 aliphatic rings. The van der Waals surface area contributed by atoms with Gasteiger partial charge in [0.1, 0.15) is 5.82 Å². The SMILES string of the molecule is Fc1ccc2c(c1)CC2.N/C(=N\O)c1nonc1NCCNC(=O)c1cccc2c1B(O)OCC2. The van der Waals surface area contributed by atoms with Crippen LogP contribution in [0.25, 0.3) is 0 Å². The molecule has 0 unspecified atom stereocenters. The van der Waals surface area contributed by atoms with E-state index in [1.165, 1.54) is 17.2 Å². The van der Waals surface area contributed by atoms with Crippen LogP contribution in [-0.4, -0.2) is 59.1 Å². The number of carbonyl (C=O) groups excluding carboxylic acids is 1. The van der Waals surface area contributed by atoms with Gasteiger partial charge in [-0.1, -0.05) is 23.4 Å². The number of oxime groups is 1. The van der Waals surface area contributed by atoms with Gasteiger partial charge in [-0.3, -0.25) is 4.79 Å². The van der Waals surface area contributed by atoms with Crippen molar-refractivity contribution >= 4 is 30.1 Å². The number of amidine groups is 1. The maximum Gasteiger partial charge on any atom is 0.492 e. The molecular formula is C22H24BFN6O5. The van der Waals surface area contributed by atoms with E-state index in [4.69, 9.17) is 15.6 Å². The molecule has 0 saturated carbocycles. The molecule has 0 bridgehead atoms. The van der Waals surface area contributed by atoms with E-state index in [1.807, 2.05) is 12.1 Å². The normalized spacial score (nSPS) is 14.1. The molecular weight excluding hydrogens is 458 g/mol. The van der Waals surface area contributed by atoms with Gasteiger partial charge in [0.15, 0.2) is 11.5 Å². The molecule has 13 heteroatoms. The number of halogens is 1. The van der Waals surface area contributed by atoms with Crippen LogP contribution in [0.3, 0.4) is 0 Å². The van der Waals surface area contributed by atoms with Crippen molar-refractivity contribution in [2.45, 2.75) is 19.3 Å². The molecule has 11 nitrogen and oxygen atoms in total. The van der Waals surface area contributed by atoms with Crippen molar-refractivity contribution in [2.24, 2.45) is 10.9 Å².